The predicted molar refractivity (Wildman–Crippen MR) is 119 cm³/mol. The summed E-state index contributed by atoms with van der Waals surface area (Å²) in [5.74, 6) is 1.27. The van der Waals surface area contributed by atoms with E-state index in [9.17, 15) is 4.79 Å². The smallest absolute Gasteiger partial charge is 0.246 e. The van der Waals surface area contributed by atoms with Crippen LogP contribution in [0.4, 0.5) is 10.9 Å². The number of aromatic nitrogens is 3. The lowest BCUT2D eigenvalue weighted by Gasteiger charge is -2.38. The molecule has 7 nitrogen and oxygen atoms in total. The van der Waals surface area contributed by atoms with Crippen LogP contribution in [-0.4, -0.2) is 44.5 Å². The third-order valence-electron chi connectivity index (χ3n) is 5.87. The van der Waals surface area contributed by atoms with Gasteiger partial charge in [-0.15, -0.1) is 11.3 Å². The Labute approximate surface area is 179 Å². The fraction of sp³-hybridized carbons (Fsp3) is 0.409. The van der Waals surface area contributed by atoms with Crippen LogP contribution in [0.15, 0.2) is 37.2 Å². The number of hydrogen-bond donors (Lipinski definition) is 1. The highest BCUT2D eigenvalue weighted by Crippen LogP contribution is 2.37. The molecule has 0 unspecified atom stereocenters. The summed E-state index contributed by atoms with van der Waals surface area (Å²) < 4.78 is 8.60. The zero-order valence-corrected chi connectivity index (χ0v) is 17.8. The van der Waals surface area contributed by atoms with Crippen molar-refractivity contribution in [2.75, 3.05) is 18.4 Å². The van der Waals surface area contributed by atoms with Gasteiger partial charge in [0.05, 0.1) is 24.0 Å². The molecule has 0 radical (unpaired) electrons. The molecule has 8 heteroatoms. The van der Waals surface area contributed by atoms with Gasteiger partial charge in [0, 0.05) is 29.4 Å². The second-order valence-corrected chi connectivity index (χ2v) is 9.23. The first-order valence-electron chi connectivity index (χ1n) is 10.4. The van der Waals surface area contributed by atoms with Crippen molar-refractivity contribution in [2.45, 2.75) is 44.8 Å². The van der Waals surface area contributed by atoms with Crippen LogP contribution in [0.5, 0.6) is 5.88 Å². The van der Waals surface area contributed by atoms with Crippen LogP contribution in [0.1, 0.15) is 36.6 Å². The third kappa shape index (κ3) is 3.56. The number of hydrogen-bond acceptors (Lipinski definition) is 6. The van der Waals surface area contributed by atoms with Crippen LogP contribution in [0.2, 0.25) is 0 Å². The van der Waals surface area contributed by atoms with Gasteiger partial charge in [-0.1, -0.05) is 19.4 Å². The Bertz CT molecular complexity index is 1090. The lowest BCUT2D eigenvalue weighted by molar-refractivity contribution is -0.134. The molecule has 5 rings (SSSR count). The summed E-state index contributed by atoms with van der Waals surface area (Å²) in [6.07, 6.45) is 10.3. The molecule has 1 saturated carbocycles. The maximum atomic E-state index is 11.7. The van der Waals surface area contributed by atoms with Crippen molar-refractivity contribution in [2.24, 2.45) is 0 Å². The van der Waals surface area contributed by atoms with E-state index in [1.807, 2.05) is 13.1 Å². The van der Waals surface area contributed by atoms with E-state index < -0.39 is 0 Å². The number of rotatable bonds is 6. The maximum absolute atomic E-state index is 11.7. The van der Waals surface area contributed by atoms with E-state index in [0.29, 0.717) is 25.0 Å². The molecule has 1 aliphatic carbocycles. The summed E-state index contributed by atoms with van der Waals surface area (Å²) >= 11 is 1.60. The molecule has 30 heavy (non-hydrogen) atoms. The van der Waals surface area contributed by atoms with Crippen LogP contribution < -0.4 is 10.1 Å². The molecule has 4 heterocycles. The second kappa shape index (κ2) is 7.75. The molecule has 1 saturated heterocycles. The Morgan fingerprint density at radius 2 is 2.17 bits per heavy atom. The number of pyridine rings is 1. The van der Waals surface area contributed by atoms with Crippen molar-refractivity contribution in [1.82, 2.24) is 19.4 Å². The highest BCUT2D eigenvalue weighted by Gasteiger charge is 2.32. The highest BCUT2D eigenvalue weighted by molar-refractivity contribution is 7.15. The van der Waals surface area contributed by atoms with Gasteiger partial charge >= 0.3 is 0 Å². The van der Waals surface area contributed by atoms with Crippen LogP contribution in [0, 0.1) is 6.92 Å². The molecule has 1 aliphatic heterocycles. The number of ether oxygens (including phenoxy) is 1. The van der Waals surface area contributed by atoms with Gasteiger partial charge < -0.3 is 19.5 Å². The number of likely N-dealkylation sites (tertiary alicyclic amines) is 1. The minimum Gasteiger partial charge on any atom is -0.470 e. The van der Waals surface area contributed by atoms with Crippen molar-refractivity contribution in [3.8, 4) is 5.88 Å². The van der Waals surface area contributed by atoms with E-state index in [1.165, 1.54) is 31.8 Å². The Morgan fingerprint density at radius 3 is 2.87 bits per heavy atom. The normalized spacial score (nSPS) is 17.3. The number of thiazole rings is 1. The first kappa shape index (κ1) is 19.1. The topological polar surface area (TPSA) is 72.3 Å². The minimum atomic E-state index is -0.0603. The van der Waals surface area contributed by atoms with Gasteiger partial charge in [-0.2, -0.15) is 4.98 Å². The third-order valence-corrected chi connectivity index (χ3v) is 6.70. The minimum absolute atomic E-state index is 0.0585. The van der Waals surface area contributed by atoms with Crippen molar-refractivity contribution in [1.29, 1.82) is 0 Å². The average Bonchev–Trinajstić information content (AvgIpc) is 3.44. The van der Waals surface area contributed by atoms with Crippen molar-refractivity contribution < 1.29 is 9.53 Å². The summed E-state index contributed by atoms with van der Waals surface area (Å²) in [5, 5.41) is 5.16. The summed E-state index contributed by atoms with van der Waals surface area (Å²) in [7, 11) is 0. The number of anilines is 2. The van der Waals surface area contributed by atoms with Gasteiger partial charge in [-0.05, 0) is 31.9 Å². The fourth-order valence-electron chi connectivity index (χ4n) is 4.28. The number of carbonyl (C=O) groups excluding carboxylic acids is 1. The summed E-state index contributed by atoms with van der Waals surface area (Å²) in [6.45, 7) is 6.69. The SMILES string of the molecule is C=CC(=O)N1CC(Oc2nc(Nc3ncc(C)s3)cc3c2ccn3C2CCCC2)C1. The Hall–Kier alpha value is -2.87. The number of amides is 1. The molecule has 156 valence electrons. The Morgan fingerprint density at radius 1 is 1.37 bits per heavy atom. The zero-order chi connectivity index (χ0) is 20.7. The number of aryl methyl sites for hydroxylation is 1. The van der Waals surface area contributed by atoms with Gasteiger partial charge in [-0.3, -0.25) is 4.79 Å². The van der Waals surface area contributed by atoms with E-state index in [2.05, 4.69) is 39.8 Å². The van der Waals surface area contributed by atoms with Crippen LogP contribution in [0.25, 0.3) is 10.9 Å². The first-order valence-corrected chi connectivity index (χ1v) is 11.2. The van der Waals surface area contributed by atoms with Crippen molar-refractivity contribution >= 4 is 39.1 Å². The first-order chi connectivity index (χ1) is 14.6. The van der Waals surface area contributed by atoms with Crippen LogP contribution in [-0.2, 0) is 4.79 Å². The standard InChI is InChI=1S/C22H25N5O2S/c1-3-20(28)26-12-16(13-26)29-21-17-8-9-27(15-6-4-5-7-15)18(17)10-19(24-21)25-22-23-11-14(2)30-22/h3,8-11,15-16H,1,4-7,12-13H2,2H3,(H,23,24,25). The monoisotopic (exact) mass is 423 g/mol. The van der Waals surface area contributed by atoms with E-state index >= 15 is 0 Å². The van der Waals surface area contributed by atoms with Gasteiger partial charge in [0.25, 0.3) is 0 Å². The quantitative estimate of drug-likeness (QED) is 0.594. The molecule has 3 aromatic heterocycles. The van der Waals surface area contributed by atoms with Crippen molar-refractivity contribution in [3.63, 3.8) is 0 Å². The Kier molecular flexibility index (Phi) is 4.94. The molecule has 0 aromatic carbocycles. The van der Waals surface area contributed by atoms with Crippen LogP contribution in [0.3, 0.4) is 0 Å². The Balaban J connectivity index is 1.46. The van der Waals surface area contributed by atoms with E-state index in [-0.39, 0.29) is 12.0 Å². The van der Waals surface area contributed by atoms with Gasteiger partial charge in [0.2, 0.25) is 11.8 Å². The molecule has 2 fully saturated rings. The lowest BCUT2D eigenvalue weighted by Crippen LogP contribution is -2.55. The number of nitrogens with one attached hydrogen (secondary N) is 1. The van der Waals surface area contributed by atoms with Crippen LogP contribution >= 0.6 is 11.3 Å². The van der Waals surface area contributed by atoms with E-state index in [1.54, 1.807) is 16.2 Å². The molecule has 1 amide bonds. The summed E-state index contributed by atoms with van der Waals surface area (Å²) in [5.41, 5.74) is 1.13. The predicted octanol–water partition coefficient (Wildman–Crippen LogP) is 4.44. The number of fused-ring (bicyclic) bond motifs is 1. The number of carbonyl (C=O) groups is 1. The van der Waals surface area contributed by atoms with Gasteiger partial charge in [0.1, 0.15) is 11.9 Å². The maximum Gasteiger partial charge on any atom is 0.246 e. The van der Waals surface area contributed by atoms with Gasteiger partial charge in [0.15, 0.2) is 5.13 Å². The molecule has 0 atom stereocenters. The van der Waals surface area contributed by atoms with E-state index in [0.717, 1.165) is 26.7 Å². The summed E-state index contributed by atoms with van der Waals surface area (Å²) in [4.78, 5) is 23.8. The fourth-order valence-corrected chi connectivity index (χ4v) is 4.95. The average molecular weight is 424 g/mol. The van der Waals surface area contributed by atoms with Gasteiger partial charge in [-0.25, -0.2) is 4.98 Å². The molecule has 0 bridgehead atoms. The highest BCUT2D eigenvalue weighted by atomic mass is 32.1. The van der Waals surface area contributed by atoms with Crippen molar-refractivity contribution in [3.05, 3.63) is 42.1 Å². The second-order valence-electron chi connectivity index (χ2n) is 8.00. The zero-order valence-electron chi connectivity index (χ0n) is 17.0. The number of nitrogens with zero attached hydrogens (tertiary/aromatic N) is 4. The lowest BCUT2D eigenvalue weighted by atomic mass is 10.1. The molecular weight excluding hydrogens is 398 g/mol. The molecule has 3 aromatic rings. The molecular formula is C22H25N5O2S. The molecule has 0 spiro atoms. The largest absolute Gasteiger partial charge is 0.470 e. The molecule has 1 N–H and O–H groups in total. The summed E-state index contributed by atoms with van der Waals surface area (Å²) in [6, 6.07) is 4.71. The van der Waals surface area contributed by atoms with E-state index in [4.69, 9.17) is 9.72 Å². The molecule has 2 aliphatic rings.